The van der Waals surface area contributed by atoms with Gasteiger partial charge >= 0.3 is 6.18 Å². The molecule has 2 heterocycles. The van der Waals surface area contributed by atoms with Gasteiger partial charge in [0.2, 0.25) is 5.82 Å². The van der Waals surface area contributed by atoms with Crippen LogP contribution in [0.25, 0.3) is 11.0 Å². The molecule has 110 valence electrons. The van der Waals surface area contributed by atoms with Crippen LogP contribution in [0.3, 0.4) is 0 Å². The molecule has 8 heteroatoms. The zero-order chi connectivity index (χ0) is 15.0. The number of alkyl halides is 3. The minimum absolute atomic E-state index is 0.166. The van der Waals surface area contributed by atoms with Gasteiger partial charge in [-0.25, -0.2) is 9.97 Å². The van der Waals surface area contributed by atoms with Crippen molar-refractivity contribution in [1.29, 1.82) is 0 Å². The fourth-order valence-corrected chi connectivity index (χ4v) is 2.77. The Bertz CT molecular complexity index is 762. The lowest BCUT2D eigenvalue weighted by Gasteiger charge is -2.10. The molecule has 0 aliphatic rings. The van der Waals surface area contributed by atoms with Gasteiger partial charge in [0.05, 0.1) is 22.2 Å². The fourth-order valence-electron chi connectivity index (χ4n) is 2.18. The standard InChI is InChI=1S/C13H11F3N4S/c14-13(15,16)12-19-10-5-8(17)1-2-11(10)20(12)4-3-9-6-21-7-18-9/h1-2,5-7H,3-4,17H2. The van der Waals surface area contributed by atoms with Crippen LogP contribution in [0.2, 0.25) is 0 Å². The Kier molecular flexibility index (Phi) is 3.32. The van der Waals surface area contributed by atoms with E-state index >= 15 is 0 Å². The van der Waals surface area contributed by atoms with Gasteiger partial charge in [-0.3, -0.25) is 0 Å². The monoisotopic (exact) mass is 312 g/mol. The highest BCUT2D eigenvalue weighted by Crippen LogP contribution is 2.32. The lowest BCUT2D eigenvalue weighted by Crippen LogP contribution is -2.16. The molecular formula is C13H11F3N4S. The van der Waals surface area contributed by atoms with E-state index in [-0.39, 0.29) is 12.1 Å². The molecule has 0 fully saturated rings. The average Bonchev–Trinajstić information content (AvgIpc) is 3.01. The molecule has 0 bridgehead atoms. The average molecular weight is 312 g/mol. The summed E-state index contributed by atoms with van der Waals surface area (Å²) in [5, 5.41) is 1.82. The van der Waals surface area contributed by atoms with E-state index in [9.17, 15) is 13.2 Å². The summed E-state index contributed by atoms with van der Waals surface area (Å²) in [6.45, 7) is 0.166. The first-order chi connectivity index (χ1) is 9.95. The maximum absolute atomic E-state index is 13.1. The molecule has 0 atom stereocenters. The van der Waals surface area contributed by atoms with Crippen LogP contribution < -0.4 is 5.73 Å². The van der Waals surface area contributed by atoms with E-state index in [0.717, 1.165) is 5.69 Å². The first-order valence-electron chi connectivity index (χ1n) is 6.15. The number of nitrogens with two attached hydrogens (primary N) is 1. The van der Waals surface area contributed by atoms with Crippen LogP contribution >= 0.6 is 11.3 Å². The second kappa shape index (κ2) is 5.03. The zero-order valence-corrected chi connectivity index (χ0v) is 11.6. The quantitative estimate of drug-likeness (QED) is 0.755. The SMILES string of the molecule is Nc1ccc2c(c1)nc(C(F)(F)F)n2CCc1cscn1. The van der Waals surface area contributed by atoms with Crippen molar-refractivity contribution in [2.24, 2.45) is 0 Å². The Morgan fingerprint density at radius 1 is 1.29 bits per heavy atom. The number of benzene rings is 1. The predicted molar refractivity (Wildman–Crippen MR) is 75.0 cm³/mol. The Labute approximate surface area is 122 Å². The molecule has 0 radical (unpaired) electrons. The maximum Gasteiger partial charge on any atom is 0.449 e. The largest absolute Gasteiger partial charge is 0.449 e. The Morgan fingerprint density at radius 3 is 2.76 bits per heavy atom. The van der Waals surface area contributed by atoms with Crippen molar-refractivity contribution in [2.45, 2.75) is 19.1 Å². The third-order valence-corrected chi connectivity index (χ3v) is 3.74. The van der Waals surface area contributed by atoms with Crippen LogP contribution in [0.5, 0.6) is 0 Å². The second-order valence-electron chi connectivity index (χ2n) is 4.56. The first-order valence-corrected chi connectivity index (χ1v) is 7.09. The molecule has 3 aromatic rings. The molecule has 4 nitrogen and oxygen atoms in total. The molecule has 1 aromatic carbocycles. The van der Waals surface area contributed by atoms with Gasteiger partial charge in [-0.15, -0.1) is 11.3 Å². The number of halogens is 3. The molecular weight excluding hydrogens is 301 g/mol. The van der Waals surface area contributed by atoms with Gasteiger partial charge in [-0.2, -0.15) is 13.2 Å². The van der Waals surface area contributed by atoms with Crippen LogP contribution in [0, 0.1) is 0 Å². The molecule has 0 saturated heterocycles. The summed E-state index contributed by atoms with van der Waals surface area (Å²) in [5.41, 5.74) is 9.10. The molecule has 2 aromatic heterocycles. The van der Waals surface area contributed by atoms with Crippen molar-refractivity contribution in [2.75, 3.05) is 5.73 Å². The minimum atomic E-state index is -4.50. The molecule has 0 amide bonds. The second-order valence-corrected chi connectivity index (χ2v) is 5.28. The Balaban J connectivity index is 2.05. The molecule has 3 rings (SSSR count). The summed E-state index contributed by atoms with van der Waals surface area (Å²) in [6, 6.07) is 4.58. The van der Waals surface area contributed by atoms with Crippen LogP contribution in [-0.2, 0) is 19.1 Å². The highest BCUT2D eigenvalue weighted by Gasteiger charge is 2.37. The third-order valence-electron chi connectivity index (χ3n) is 3.10. The van der Waals surface area contributed by atoms with Crippen molar-refractivity contribution in [3.05, 3.63) is 40.6 Å². The summed E-state index contributed by atoms with van der Waals surface area (Å²) in [6.07, 6.45) is -4.09. The van der Waals surface area contributed by atoms with Gasteiger partial charge < -0.3 is 10.3 Å². The molecule has 21 heavy (non-hydrogen) atoms. The van der Waals surface area contributed by atoms with E-state index in [4.69, 9.17) is 5.73 Å². The van der Waals surface area contributed by atoms with Gasteiger partial charge in [0.1, 0.15) is 0 Å². The van der Waals surface area contributed by atoms with Crippen molar-refractivity contribution in [3.63, 3.8) is 0 Å². The number of aromatic nitrogens is 3. The summed E-state index contributed by atoms with van der Waals surface area (Å²) in [7, 11) is 0. The Morgan fingerprint density at radius 2 is 2.10 bits per heavy atom. The van der Waals surface area contributed by atoms with Crippen molar-refractivity contribution in [1.82, 2.24) is 14.5 Å². The van der Waals surface area contributed by atoms with Crippen molar-refractivity contribution in [3.8, 4) is 0 Å². The molecule has 0 aliphatic carbocycles. The van der Waals surface area contributed by atoms with Crippen LogP contribution in [0.1, 0.15) is 11.5 Å². The Hall–Kier alpha value is -2.09. The predicted octanol–water partition coefficient (Wildman–Crippen LogP) is 3.34. The van der Waals surface area contributed by atoms with E-state index in [1.807, 2.05) is 5.38 Å². The summed E-state index contributed by atoms with van der Waals surface area (Å²) >= 11 is 1.42. The van der Waals surface area contributed by atoms with E-state index in [0.29, 0.717) is 17.6 Å². The van der Waals surface area contributed by atoms with Gasteiger partial charge in [0.25, 0.3) is 0 Å². The van der Waals surface area contributed by atoms with Gasteiger partial charge in [-0.1, -0.05) is 0 Å². The zero-order valence-electron chi connectivity index (χ0n) is 10.8. The summed E-state index contributed by atoms with van der Waals surface area (Å²) < 4.78 is 40.5. The van der Waals surface area contributed by atoms with Gasteiger partial charge in [0.15, 0.2) is 0 Å². The van der Waals surface area contributed by atoms with Crippen LogP contribution in [-0.4, -0.2) is 14.5 Å². The number of thiazole rings is 1. The van der Waals surface area contributed by atoms with E-state index < -0.39 is 12.0 Å². The van der Waals surface area contributed by atoms with Crippen molar-refractivity contribution >= 4 is 28.1 Å². The van der Waals surface area contributed by atoms with E-state index in [1.165, 1.54) is 22.0 Å². The lowest BCUT2D eigenvalue weighted by atomic mass is 10.2. The number of nitrogen functional groups attached to an aromatic ring is 1. The topological polar surface area (TPSA) is 56.7 Å². The molecule has 0 spiro atoms. The molecule has 0 unspecified atom stereocenters. The number of anilines is 1. The van der Waals surface area contributed by atoms with E-state index in [1.54, 1.807) is 17.6 Å². The number of imidazole rings is 1. The third kappa shape index (κ3) is 2.71. The highest BCUT2D eigenvalue weighted by atomic mass is 32.1. The number of fused-ring (bicyclic) bond motifs is 1. The first kappa shape index (κ1) is 13.9. The normalized spacial score (nSPS) is 12.1. The minimum Gasteiger partial charge on any atom is -0.399 e. The number of hydrogen-bond acceptors (Lipinski definition) is 4. The van der Waals surface area contributed by atoms with Gasteiger partial charge in [0, 0.05) is 24.0 Å². The van der Waals surface area contributed by atoms with Crippen LogP contribution in [0.15, 0.2) is 29.1 Å². The fraction of sp³-hybridized carbons (Fsp3) is 0.231. The van der Waals surface area contributed by atoms with E-state index in [2.05, 4.69) is 9.97 Å². The lowest BCUT2D eigenvalue weighted by molar-refractivity contribution is -0.146. The van der Waals surface area contributed by atoms with Crippen LogP contribution in [0.4, 0.5) is 18.9 Å². The summed E-state index contributed by atoms with van der Waals surface area (Å²) in [5.74, 6) is -0.904. The van der Waals surface area contributed by atoms with Gasteiger partial charge in [-0.05, 0) is 18.2 Å². The number of rotatable bonds is 3. The summed E-state index contributed by atoms with van der Waals surface area (Å²) in [4.78, 5) is 7.77. The van der Waals surface area contributed by atoms with Crippen molar-refractivity contribution < 1.29 is 13.2 Å². The number of hydrogen-bond donors (Lipinski definition) is 1. The smallest absolute Gasteiger partial charge is 0.399 e. The number of nitrogens with zero attached hydrogens (tertiary/aromatic N) is 3. The number of aryl methyl sites for hydroxylation is 2. The maximum atomic E-state index is 13.1. The molecule has 2 N–H and O–H groups in total. The molecule has 0 saturated carbocycles. The molecule has 0 aliphatic heterocycles. The highest BCUT2D eigenvalue weighted by molar-refractivity contribution is 7.07.